The Morgan fingerprint density at radius 2 is 2.15 bits per heavy atom. The van der Waals surface area contributed by atoms with Crippen molar-refractivity contribution >= 4 is 17.3 Å². The van der Waals surface area contributed by atoms with E-state index in [1.165, 1.54) is 0 Å². The number of morpholine rings is 1. The molecule has 26 heavy (non-hydrogen) atoms. The van der Waals surface area contributed by atoms with Crippen molar-refractivity contribution in [2.45, 2.75) is 64.7 Å². The van der Waals surface area contributed by atoms with E-state index in [-0.39, 0.29) is 17.6 Å². The van der Waals surface area contributed by atoms with Crippen LogP contribution in [0.25, 0.3) is 0 Å². The number of aromatic nitrogens is 1. The highest BCUT2D eigenvalue weighted by atomic mass is 32.1. The van der Waals surface area contributed by atoms with Crippen molar-refractivity contribution in [1.82, 2.24) is 15.2 Å². The molecule has 0 aromatic carbocycles. The van der Waals surface area contributed by atoms with E-state index in [1.807, 2.05) is 0 Å². The summed E-state index contributed by atoms with van der Waals surface area (Å²) in [6, 6.07) is 0. The molecule has 1 aromatic heterocycles. The molecule has 0 radical (unpaired) electrons. The van der Waals surface area contributed by atoms with Crippen molar-refractivity contribution in [2.24, 2.45) is 4.99 Å². The molecular formula is C19H32N4O2S. The van der Waals surface area contributed by atoms with Gasteiger partial charge in [-0.05, 0) is 19.8 Å². The van der Waals surface area contributed by atoms with Crippen LogP contribution in [0.3, 0.4) is 0 Å². The molecule has 0 spiro atoms. The molecule has 0 saturated carbocycles. The van der Waals surface area contributed by atoms with Crippen molar-refractivity contribution in [3.63, 3.8) is 0 Å². The van der Waals surface area contributed by atoms with Crippen LogP contribution in [-0.2, 0) is 21.4 Å². The molecule has 6 nitrogen and oxygen atoms in total. The van der Waals surface area contributed by atoms with Gasteiger partial charge in [-0.15, -0.1) is 11.3 Å². The van der Waals surface area contributed by atoms with Gasteiger partial charge in [0.1, 0.15) is 11.1 Å². The van der Waals surface area contributed by atoms with Gasteiger partial charge in [0.15, 0.2) is 5.96 Å². The van der Waals surface area contributed by atoms with Crippen LogP contribution in [0.5, 0.6) is 0 Å². The van der Waals surface area contributed by atoms with E-state index < -0.39 is 0 Å². The Kier molecular flexibility index (Phi) is 6.53. The molecule has 3 heterocycles. The fraction of sp³-hybridized carbons (Fsp3) is 0.789. The second-order valence-corrected chi connectivity index (χ2v) is 8.90. The summed E-state index contributed by atoms with van der Waals surface area (Å²) in [6.07, 6.45) is 2.61. The van der Waals surface area contributed by atoms with Crippen LogP contribution in [0.2, 0.25) is 0 Å². The Morgan fingerprint density at radius 1 is 1.35 bits per heavy atom. The Bertz CT molecular complexity index is 605. The van der Waals surface area contributed by atoms with Gasteiger partial charge < -0.3 is 19.7 Å². The number of rotatable bonds is 4. The monoisotopic (exact) mass is 380 g/mol. The van der Waals surface area contributed by atoms with E-state index in [4.69, 9.17) is 19.5 Å². The molecule has 7 heteroatoms. The molecule has 0 bridgehead atoms. The van der Waals surface area contributed by atoms with E-state index in [0.29, 0.717) is 6.54 Å². The van der Waals surface area contributed by atoms with E-state index in [9.17, 15) is 0 Å². The molecule has 2 saturated heterocycles. The third-order valence-electron chi connectivity index (χ3n) is 4.79. The Balaban J connectivity index is 1.65. The number of hydrogen-bond donors (Lipinski definition) is 1. The summed E-state index contributed by atoms with van der Waals surface area (Å²) in [5.74, 6) is 0.950. The van der Waals surface area contributed by atoms with Crippen LogP contribution in [-0.4, -0.2) is 60.9 Å². The fourth-order valence-corrected chi connectivity index (χ4v) is 4.23. The minimum atomic E-state index is 0.0850. The average Bonchev–Trinajstić information content (AvgIpc) is 3.30. The number of thiazole rings is 1. The first-order valence-electron chi connectivity index (χ1n) is 9.68. The SMILES string of the molecule is CCNC(=NCc1nc(C(C)(C)C)cs1)N1CCOC(C2CCCO2)C1. The number of guanidine groups is 1. The normalized spacial score (nSPS) is 24.9. The lowest BCUT2D eigenvalue weighted by molar-refractivity contribution is -0.0817. The van der Waals surface area contributed by atoms with Crippen LogP contribution in [0.15, 0.2) is 10.4 Å². The zero-order valence-corrected chi connectivity index (χ0v) is 17.3. The number of nitrogens with one attached hydrogen (secondary N) is 1. The summed E-state index contributed by atoms with van der Waals surface area (Å²) in [4.78, 5) is 11.9. The van der Waals surface area contributed by atoms with E-state index in [2.05, 4.69) is 43.3 Å². The van der Waals surface area contributed by atoms with Gasteiger partial charge in [0.25, 0.3) is 0 Å². The van der Waals surface area contributed by atoms with Crippen molar-refractivity contribution in [2.75, 3.05) is 32.8 Å². The number of aliphatic imine (C=N–C) groups is 1. The van der Waals surface area contributed by atoms with Crippen LogP contribution < -0.4 is 5.32 Å². The first-order chi connectivity index (χ1) is 12.5. The highest BCUT2D eigenvalue weighted by molar-refractivity contribution is 7.09. The van der Waals surface area contributed by atoms with Gasteiger partial charge >= 0.3 is 0 Å². The molecule has 2 fully saturated rings. The number of ether oxygens (including phenoxy) is 2. The van der Waals surface area contributed by atoms with Crippen molar-refractivity contribution < 1.29 is 9.47 Å². The molecule has 0 aliphatic carbocycles. The third-order valence-corrected chi connectivity index (χ3v) is 5.63. The summed E-state index contributed by atoms with van der Waals surface area (Å²) < 4.78 is 11.8. The molecular weight excluding hydrogens is 348 g/mol. The van der Waals surface area contributed by atoms with E-state index >= 15 is 0 Å². The summed E-state index contributed by atoms with van der Waals surface area (Å²) in [6.45, 7) is 13.4. The first-order valence-corrected chi connectivity index (χ1v) is 10.6. The average molecular weight is 381 g/mol. The maximum atomic E-state index is 5.96. The predicted octanol–water partition coefficient (Wildman–Crippen LogP) is 2.79. The third kappa shape index (κ3) is 4.96. The largest absolute Gasteiger partial charge is 0.375 e. The van der Waals surface area contributed by atoms with Gasteiger partial charge in [0.05, 0.1) is 24.9 Å². The molecule has 1 aromatic rings. The van der Waals surface area contributed by atoms with Gasteiger partial charge in [-0.3, -0.25) is 0 Å². The smallest absolute Gasteiger partial charge is 0.194 e. The van der Waals surface area contributed by atoms with Gasteiger partial charge in [-0.1, -0.05) is 20.8 Å². The van der Waals surface area contributed by atoms with Gasteiger partial charge in [-0.2, -0.15) is 0 Å². The van der Waals surface area contributed by atoms with E-state index in [0.717, 1.165) is 62.4 Å². The van der Waals surface area contributed by atoms with Gasteiger partial charge in [0, 0.05) is 37.0 Å². The maximum Gasteiger partial charge on any atom is 0.194 e. The quantitative estimate of drug-likeness (QED) is 0.643. The van der Waals surface area contributed by atoms with Crippen molar-refractivity contribution in [3.8, 4) is 0 Å². The molecule has 2 aliphatic rings. The molecule has 0 amide bonds. The van der Waals surface area contributed by atoms with Crippen molar-refractivity contribution in [3.05, 3.63) is 16.1 Å². The summed E-state index contributed by atoms with van der Waals surface area (Å²) in [5.41, 5.74) is 1.23. The standard InChI is InChI=1S/C19H32N4O2S/c1-5-20-18(21-11-17-22-16(13-26-17)19(2,3)4)23-8-10-25-15(12-23)14-7-6-9-24-14/h13-15H,5-12H2,1-4H3,(H,20,21). The zero-order chi connectivity index (χ0) is 18.6. The van der Waals surface area contributed by atoms with Crippen LogP contribution >= 0.6 is 11.3 Å². The highest BCUT2D eigenvalue weighted by Crippen LogP contribution is 2.24. The van der Waals surface area contributed by atoms with E-state index in [1.54, 1.807) is 11.3 Å². The second-order valence-electron chi connectivity index (χ2n) is 7.95. The topological polar surface area (TPSA) is 59.0 Å². The Labute approximate surface area is 161 Å². The Morgan fingerprint density at radius 3 is 2.81 bits per heavy atom. The molecule has 146 valence electrons. The minimum Gasteiger partial charge on any atom is -0.375 e. The van der Waals surface area contributed by atoms with Gasteiger partial charge in [-0.25, -0.2) is 9.98 Å². The van der Waals surface area contributed by atoms with Crippen LogP contribution in [0.1, 0.15) is 51.2 Å². The molecule has 2 atom stereocenters. The summed E-state index contributed by atoms with van der Waals surface area (Å²) in [7, 11) is 0. The maximum absolute atomic E-state index is 5.96. The summed E-state index contributed by atoms with van der Waals surface area (Å²) >= 11 is 1.69. The predicted molar refractivity (Wildman–Crippen MR) is 106 cm³/mol. The van der Waals surface area contributed by atoms with Crippen LogP contribution in [0, 0.1) is 0 Å². The molecule has 1 N–H and O–H groups in total. The minimum absolute atomic E-state index is 0.0850. The second kappa shape index (κ2) is 8.67. The first kappa shape index (κ1) is 19.6. The fourth-order valence-electron chi connectivity index (χ4n) is 3.28. The highest BCUT2D eigenvalue weighted by Gasteiger charge is 2.32. The molecule has 2 aliphatic heterocycles. The lowest BCUT2D eigenvalue weighted by Crippen LogP contribution is -2.53. The van der Waals surface area contributed by atoms with Crippen LogP contribution in [0.4, 0.5) is 0 Å². The number of nitrogens with zero attached hydrogens (tertiary/aromatic N) is 3. The van der Waals surface area contributed by atoms with Crippen molar-refractivity contribution in [1.29, 1.82) is 0 Å². The number of hydrogen-bond acceptors (Lipinski definition) is 5. The molecule has 3 rings (SSSR count). The summed E-state index contributed by atoms with van der Waals surface area (Å²) in [5, 5.41) is 6.64. The van der Waals surface area contributed by atoms with Gasteiger partial charge in [0.2, 0.25) is 0 Å². The Hall–Kier alpha value is -1.18. The lowest BCUT2D eigenvalue weighted by atomic mass is 9.93. The zero-order valence-electron chi connectivity index (χ0n) is 16.5. The lowest BCUT2D eigenvalue weighted by Gasteiger charge is -2.37. The molecule has 2 unspecified atom stereocenters.